The van der Waals surface area contributed by atoms with Crippen molar-refractivity contribution < 1.29 is 28.8 Å². The van der Waals surface area contributed by atoms with Gasteiger partial charge >= 0.3 is 0 Å². The molecule has 0 unspecified atom stereocenters. The predicted molar refractivity (Wildman–Crippen MR) is 351 cm³/mol. The van der Waals surface area contributed by atoms with Gasteiger partial charge in [0.2, 0.25) is 35.4 Å². The Labute approximate surface area is 513 Å². The number of carbonyl (C=O) groups excluding carboxylic acids is 6. The Morgan fingerprint density at radius 2 is 0.625 bits per heavy atom. The maximum atomic E-state index is 14.0. The monoisotopic (exact) mass is 1190 g/mol. The van der Waals surface area contributed by atoms with Crippen molar-refractivity contribution in [2.75, 3.05) is 35.6 Å². The highest BCUT2D eigenvalue weighted by Crippen LogP contribution is 2.35. The third-order valence-electron chi connectivity index (χ3n) is 16.2. The van der Waals surface area contributed by atoms with Crippen LogP contribution in [0.3, 0.4) is 0 Å². The fourth-order valence-electron chi connectivity index (χ4n) is 11.4. The first-order valence-corrected chi connectivity index (χ1v) is 30.8. The van der Waals surface area contributed by atoms with Gasteiger partial charge < -0.3 is 64.1 Å². The molecule has 0 saturated heterocycles. The van der Waals surface area contributed by atoms with Crippen molar-refractivity contribution in [2.24, 2.45) is 17.2 Å². The summed E-state index contributed by atoms with van der Waals surface area (Å²) in [5.41, 5.74) is 27.8. The molecule has 6 aromatic carbocycles. The van der Waals surface area contributed by atoms with Gasteiger partial charge in [0, 0.05) is 93.5 Å². The van der Waals surface area contributed by atoms with Crippen molar-refractivity contribution in [1.82, 2.24) is 30.9 Å². The minimum Gasteiger partial charge on any atom is -0.361 e. The van der Waals surface area contributed by atoms with E-state index in [1.807, 2.05) is 164 Å². The van der Waals surface area contributed by atoms with Crippen LogP contribution < -0.4 is 49.1 Å². The molecule has 0 aliphatic rings. The number of rotatable bonds is 33. The zero-order chi connectivity index (χ0) is 61.6. The number of unbranched alkanes of at least 4 members (excludes halogenated alkanes) is 3. The summed E-state index contributed by atoms with van der Waals surface area (Å²) in [6.45, 7) is 1.40. The van der Waals surface area contributed by atoms with Gasteiger partial charge in [-0.3, -0.25) is 28.8 Å². The van der Waals surface area contributed by atoms with E-state index in [1.54, 1.807) is 0 Å². The van der Waals surface area contributed by atoms with Gasteiger partial charge in [-0.2, -0.15) is 0 Å². The second-order valence-corrected chi connectivity index (χ2v) is 22.6. The lowest BCUT2D eigenvalue weighted by Crippen LogP contribution is -2.44. The van der Waals surface area contributed by atoms with Crippen LogP contribution in [0.5, 0.6) is 0 Å². The molecule has 3 heterocycles. The van der Waals surface area contributed by atoms with Gasteiger partial charge in [-0.1, -0.05) is 91.0 Å². The van der Waals surface area contributed by atoms with E-state index in [9.17, 15) is 28.8 Å². The Morgan fingerprint density at radius 1 is 0.352 bits per heavy atom. The topological polar surface area (TPSA) is 300 Å². The molecule has 9 aromatic rings. The highest BCUT2D eigenvalue weighted by Gasteiger charge is 2.26. The number of hydrogen-bond acceptors (Lipinski definition) is 9. The number of aromatic nitrogens is 3. The Kier molecular flexibility index (Phi) is 22.9. The van der Waals surface area contributed by atoms with Gasteiger partial charge in [-0.05, 0) is 185 Å². The SMILES string of the molecule is NCCCC[C@H](NC(=O)CCc1c[nH]c2ccccc12)C(=O)Nc1ccc(C(c2ccc(NC(=O)[C@H](CCCCN)NC(=O)CCc3c[nH]c4ccccc34)cc2)c2ccc(NC(=O)[C@H](CCCCN)NC(=O)CCc3c[nH]c4ccccc34)cc2)cc1. The standard InChI is InChI=1S/C70H82N12O6/c71-40-10-7-19-61(80-64(83)37-28-49-43-74-58-16-4-1-13-55(49)58)68(86)77-52-31-22-46(23-32-52)67(47-24-33-53(34-25-47)78-69(87)62(20-8-11-41-72)81-65(84)38-29-50-44-75-59-17-5-2-14-56(50)59)48-26-35-54(36-27-48)79-70(88)63(21-9-12-42-73)82-66(85)39-30-51-45-76-60-18-6-3-15-57(51)60/h1-6,13-18,22-27,31-36,43-45,61-63,67,74-76H,7-12,19-21,28-30,37-42,71-73H2,(H,77,86)(H,78,87)(H,79,88)(H,80,83)(H,81,84)(H,82,85)/t61-,62-,63-/m0/s1. The number of benzene rings is 6. The minimum atomic E-state index is -0.783. The molecular weight excluding hydrogens is 1100 g/mol. The second kappa shape index (κ2) is 31.9. The van der Waals surface area contributed by atoms with E-state index >= 15 is 0 Å². The summed E-state index contributed by atoms with van der Waals surface area (Å²) in [5.74, 6) is -2.06. The zero-order valence-electron chi connectivity index (χ0n) is 49.8. The Balaban J connectivity index is 0.903. The molecular formula is C70H82N12O6. The number of hydrogen-bond donors (Lipinski definition) is 12. The molecule has 3 atom stereocenters. The average Bonchev–Trinajstić information content (AvgIpc) is 4.44. The molecule has 0 bridgehead atoms. The van der Waals surface area contributed by atoms with Gasteiger partial charge in [-0.25, -0.2) is 0 Å². The minimum absolute atomic E-state index is 0.211. The molecule has 0 saturated carbocycles. The predicted octanol–water partition coefficient (Wildman–Crippen LogP) is 9.87. The molecule has 458 valence electrons. The van der Waals surface area contributed by atoms with E-state index in [0.717, 1.165) is 66.1 Å². The number of carbonyl (C=O) groups is 6. The first-order chi connectivity index (χ1) is 43.0. The molecule has 0 aliphatic carbocycles. The zero-order valence-corrected chi connectivity index (χ0v) is 49.8. The molecule has 9 rings (SSSR count). The first kappa shape index (κ1) is 63.2. The van der Waals surface area contributed by atoms with Crippen molar-refractivity contribution in [3.63, 3.8) is 0 Å². The van der Waals surface area contributed by atoms with Crippen LogP contribution in [-0.4, -0.2) is 88.2 Å². The van der Waals surface area contributed by atoms with E-state index in [-0.39, 0.29) is 60.6 Å². The van der Waals surface area contributed by atoms with Crippen LogP contribution in [0.25, 0.3) is 32.7 Å². The van der Waals surface area contributed by atoms with Crippen molar-refractivity contribution in [1.29, 1.82) is 0 Å². The third kappa shape index (κ3) is 17.4. The smallest absolute Gasteiger partial charge is 0.246 e. The van der Waals surface area contributed by atoms with Crippen LogP contribution in [0.1, 0.15) is 116 Å². The van der Waals surface area contributed by atoms with Crippen LogP contribution in [0.15, 0.2) is 164 Å². The summed E-state index contributed by atoms with van der Waals surface area (Å²) < 4.78 is 0. The van der Waals surface area contributed by atoms with Crippen LogP contribution in [0.4, 0.5) is 17.1 Å². The first-order valence-electron chi connectivity index (χ1n) is 30.8. The Morgan fingerprint density at radius 3 is 0.898 bits per heavy atom. The molecule has 18 nitrogen and oxygen atoms in total. The summed E-state index contributed by atoms with van der Waals surface area (Å²) in [7, 11) is 0. The van der Waals surface area contributed by atoms with Crippen molar-refractivity contribution >= 4 is 85.2 Å². The number of para-hydroxylation sites is 3. The van der Waals surface area contributed by atoms with Crippen LogP contribution in [0, 0.1) is 0 Å². The van der Waals surface area contributed by atoms with Gasteiger partial charge in [0.05, 0.1) is 0 Å². The fourth-order valence-corrected chi connectivity index (χ4v) is 11.4. The Bertz CT molecular complexity index is 3370. The lowest BCUT2D eigenvalue weighted by molar-refractivity contribution is -0.126. The third-order valence-corrected chi connectivity index (χ3v) is 16.2. The number of nitrogens with two attached hydrogens (primary N) is 3. The fraction of sp³-hybridized carbons (Fsp3) is 0.314. The maximum absolute atomic E-state index is 14.0. The molecule has 15 N–H and O–H groups in total. The molecule has 0 radical (unpaired) electrons. The molecule has 6 amide bonds. The van der Waals surface area contributed by atoms with Crippen LogP contribution >= 0.6 is 0 Å². The number of amides is 6. The molecule has 18 heteroatoms. The number of anilines is 3. The summed E-state index contributed by atoms with van der Waals surface area (Å²) in [5, 5.41) is 21.3. The van der Waals surface area contributed by atoms with Gasteiger partial charge in [0.15, 0.2) is 0 Å². The molecule has 0 spiro atoms. The van der Waals surface area contributed by atoms with Crippen LogP contribution in [0.2, 0.25) is 0 Å². The van der Waals surface area contributed by atoms with Crippen molar-refractivity contribution in [2.45, 2.75) is 120 Å². The number of aryl methyl sites for hydroxylation is 3. The maximum Gasteiger partial charge on any atom is 0.246 e. The summed E-state index contributed by atoms with van der Waals surface area (Å²) in [6, 6.07) is 44.1. The van der Waals surface area contributed by atoms with Crippen LogP contribution in [-0.2, 0) is 48.0 Å². The average molecular weight is 1190 g/mol. The molecule has 3 aromatic heterocycles. The number of nitrogens with one attached hydrogen (secondary N) is 9. The summed E-state index contributed by atoms with van der Waals surface area (Å²) in [6.07, 6.45) is 13.3. The lowest BCUT2D eigenvalue weighted by Gasteiger charge is -2.22. The number of fused-ring (bicyclic) bond motifs is 3. The molecule has 88 heavy (non-hydrogen) atoms. The van der Waals surface area contributed by atoms with Gasteiger partial charge in [-0.15, -0.1) is 0 Å². The number of H-pyrrole nitrogens is 3. The largest absolute Gasteiger partial charge is 0.361 e. The highest BCUT2D eigenvalue weighted by atomic mass is 16.2. The van der Waals surface area contributed by atoms with E-state index in [4.69, 9.17) is 17.2 Å². The highest BCUT2D eigenvalue weighted by molar-refractivity contribution is 5.99. The Hall–Kier alpha value is -9.36. The quantitative estimate of drug-likeness (QED) is 0.0137. The van der Waals surface area contributed by atoms with Crippen molar-refractivity contribution in [3.8, 4) is 0 Å². The van der Waals surface area contributed by atoms with E-state index in [0.29, 0.717) is 114 Å². The van der Waals surface area contributed by atoms with Crippen molar-refractivity contribution in [3.05, 3.63) is 198 Å². The summed E-state index contributed by atoms with van der Waals surface area (Å²) in [4.78, 5) is 92.0. The molecule has 0 fully saturated rings. The second-order valence-electron chi connectivity index (χ2n) is 22.6. The molecule has 0 aliphatic heterocycles. The number of aromatic amines is 3. The van der Waals surface area contributed by atoms with E-state index < -0.39 is 18.1 Å². The lowest BCUT2D eigenvalue weighted by atomic mass is 9.85. The van der Waals surface area contributed by atoms with E-state index in [2.05, 4.69) is 46.9 Å². The van der Waals surface area contributed by atoms with E-state index in [1.165, 1.54) is 0 Å². The normalized spacial score (nSPS) is 12.4. The van der Waals surface area contributed by atoms with Gasteiger partial charge in [0.1, 0.15) is 18.1 Å². The summed E-state index contributed by atoms with van der Waals surface area (Å²) >= 11 is 0. The van der Waals surface area contributed by atoms with Gasteiger partial charge in [0.25, 0.3) is 0 Å².